The van der Waals surface area contributed by atoms with Crippen LogP contribution in [0.4, 0.5) is 0 Å². The van der Waals surface area contributed by atoms with Crippen LogP contribution >= 0.6 is 0 Å². The van der Waals surface area contributed by atoms with Crippen LogP contribution in [0, 0.1) is 47.8 Å². The SMILES string of the molecule is C[N-]C.[CH2-]c1ccccc1.[Nd]. The van der Waals surface area contributed by atoms with Crippen molar-refractivity contribution in [2.75, 3.05) is 14.1 Å². The number of nitrogens with zero attached hydrogens (tertiary/aromatic N) is 1. The molecule has 0 aliphatic rings. The fraction of sp³-hybridized carbons (Fsp3) is 0.222. The van der Waals surface area contributed by atoms with Crippen molar-refractivity contribution in [3.8, 4) is 0 Å². The first-order chi connectivity index (χ1) is 4.81. The largest absolute Gasteiger partial charge is 0.668 e. The van der Waals surface area contributed by atoms with Gasteiger partial charge >= 0.3 is 0 Å². The van der Waals surface area contributed by atoms with Crippen molar-refractivity contribution in [1.29, 1.82) is 0 Å². The van der Waals surface area contributed by atoms with Gasteiger partial charge in [-0.1, -0.05) is 6.07 Å². The quantitative estimate of drug-likeness (QED) is 0.648. The third kappa shape index (κ3) is 10.4. The molecule has 60 valence electrons. The van der Waals surface area contributed by atoms with Gasteiger partial charge in [-0.05, 0) is 0 Å². The van der Waals surface area contributed by atoms with Crippen molar-refractivity contribution in [2.24, 2.45) is 0 Å². The molecule has 1 aromatic carbocycles. The molecule has 0 atom stereocenters. The summed E-state index contributed by atoms with van der Waals surface area (Å²) in [6.45, 7) is 3.72. The van der Waals surface area contributed by atoms with Gasteiger partial charge in [0.15, 0.2) is 0 Å². The van der Waals surface area contributed by atoms with E-state index in [-0.39, 0.29) is 40.8 Å². The summed E-state index contributed by atoms with van der Waals surface area (Å²) in [4.78, 5) is 0. The van der Waals surface area contributed by atoms with E-state index in [4.69, 9.17) is 0 Å². The molecule has 0 N–H and O–H groups in total. The maximum Gasteiger partial charge on any atom is 0 e. The minimum Gasteiger partial charge on any atom is -0.668 e. The van der Waals surface area contributed by atoms with Crippen molar-refractivity contribution >= 4 is 0 Å². The zero-order valence-corrected chi connectivity index (χ0v) is 10.2. The fourth-order valence-corrected chi connectivity index (χ4v) is 0.478. The van der Waals surface area contributed by atoms with E-state index in [1.807, 2.05) is 30.3 Å². The van der Waals surface area contributed by atoms with Crippen molar-refractivity contribution in [3.05, 3.63) is 48.1 Å². The Morgan fingerprint density at radius 1 is 1.09 bits per heavy atom. The van der Waals surface area contributed by atoms with Gasteiger partial charge in [-0.25, -0.2) is 0 Å². The van der Waals surface area contributed by atoms with E-state index < -0.39 is 0 Å². The monoisotopic (exact) mass is 277 g/mol. The van der Waals surface area contributed by atoms with E-state index in [9.17, 15) is 0 Å². The fourth-order valence-electron chi connectivity index (χ4n) is 0.478. The molecule has 0 bridgehead atoms. The van der Waals surface area contributed by atoms with Gasteiger partial charge in [0.1, 0.15) is 0 Å². The molecule has 0 amide bonds. The van der Waals surface area contributed by atoms with Crippen LogP contribution in [0.1, 0.15) is 5.56 Å². The minimum absolute atomic E-state index is 0. The third-order valence-corrected chi connectivity index (χ3v) is 0.843. The van der Waals surface area contributed by atoms with Crippen molar-refractivity contribution in [3.63, 3.8) is 0 Å². The standard InChI is InChI=1S/C7H7.C2H6N.Nd/c1-7-5-3-2-4-6-7;1-3-2;/h2-6H,1H2;1-2H3;/q2*-1;. The predicted octanol–water partition coefficient (Wildman–Crippen LogP) is 2.49. The summed E-state index contributed by atoms with van der Waals surface area (Å²) >= 11 is 0. The van der Waals surface area contributed by atoms with Gasteiger partial charge in [0.05, 0.1) is 0 Å². The molecule has 0 aliphatic carbocycles. The topological polar surface area (TPSA) is 14.1 Å². The second-order valence-electron chi connectivity index (χ2n) is 1.93. The molecular formula is C9H13NNd-2. The van der Waals surface area contributed by atoms with Crippen LogP contribution < -0.4 is 0 Å². The normalized spacial score (nSPS) is 7.09. The van der Waals surface area contributed by atoms with Gasteiger partial charge in [0, 0.05) is 40.8 Å². The smallest absolute Gasteiger partial charge is 0 e. The zero-order valence-electron chi connectivity index (χ0n) is 7.04. The summed E-state index contributed by atoms with van der Waals surface area (Å²) in [6.07, 6.45) is 0. The molecule has 11 heavy (non-hydrogen) atoms. The minimum atomic E-state index is 0. The summed E-state index contributed by atoms with van der Waals surface area (Å²) in [5, 5.41) is 3.50. The second-order valence-corrected chi connectivity index (χ2v) is 1.93. The number of hydrogen-bond donors (Lipinski definition) is 0. The summed E-state index contributed by atoms with van der Waals surface area (Å²) in [5.74, 6) is 0. The van der Waals surface area contributed by atoms with Crippen molar-refractivity contribution in [2.45, 2.75) is 0 Å². The average Bonchev–Trinajstić information content (AvgIpc) is 1.91. The molecule has 0 saturated heterocycles. The summed E-state index contributed by atoms with van der Waals surface area (Å²) < 4.78 is 0. The first-order valence-electron chi connectivity index (χ1n) is 3.16. The molecule has 0 saturated carbocycles. The number of rotatable bonds is 0. The Kier molecular flexibility index (Phi) is 13.2. The average molecular weight is 279 g/mol. The van der Waals surface area contributed by atoms with Crippen LogP contribution in [0.25, 0.3) is 5.32 Å². The van der Waals surface area contributed by atoms with Gasteiger partial charge < -0.3 is 5.32 Å². The number of hydrogen-bond acceptors (Lipinski definition) is 0. The molecule has 0 fully saturated rings. The van der Waals surface area contributed by atoms with Crippen LogP contribution in [-0.4, -0.2) is 14.1 Å². The van der Waals surface area contributed by atoms with Crippen molar-refractivity contribution in [1.82, 2.24) is 0 Å². The maximum absolute atomic E-state index is 3.72. The van der Waals surface area contributed by atoms with E-state index in [1.165, 1.54) is 0 Å². The molecule has 0 unspecified atom stereocenters. The molecular weight excluding hydrogens is 266 g/mol. The second kappa shape index (κ2) is 10.4. The first kappa shape index (κ1) is 14.0. The first-order valence-corrected chi connectivity index (χ1v) is 3.16. The Labute approximate surface area is 102 Å². The molecule has 0 heterocycles. The van der Waals surface area contributed by atoms with Crippen LogP contribution in [0.15, 0.2) is 30.3 Å². The van der Waals surface area contributed by atoms with Gasteiger partial charge in [-0.3, -0.25) is 0 Å². The Bertz CT molecular complexity index is 151. The molecule has 0 aliphatic heterocycles. The Hall–Kier alpha value is 0.401. The van der Waals surface area contributed by atoms with E-state index >= 15 is 0 Å². The van der Waals surface area contributed by atoms with Crippen LogP contribution in [0.2, 0.25) is 0 Å². The van der Waals surface area contributed by atoms with E-state index in [0.717, 1.165) is 5.56 Å². The van der Waals surface area contributed by atoms with E-state index in [0.29, 0.717) is 0 Å². The summed E-state index contributed by atoms with van der Waals surface area (Å²) in [7, 11) is 3.50. The third-order valence-electron chi connectivity index (χ3n) is 0.843. The van der Waals surface area contributed by atoms with Crippen LogP contribution in [0.3, 0.4) is 0 Å². The zero-order chi connectivity index (χ0) is 7.82. The predicted molar refractivity (Wildman–Crippen MR) is 46.1 cm³/mol. The van der Waals surface area contributed by atoms with Crippen LogP contribution in [-0.2, 0) is 0 Å². The van der Waals surface area contributed by atoms with E-state index in [2.05, 4.69) is 12.2 Å². The number of benzene rings is 1. The van der Waals surface area contributed by atoms with Gasteiger partial charge in [0.2, 0.25) is 0 Å². The molecule has 0 spiro atoms. The van der Waals surface area contributed by atoms with E-state index in [1.54, 1.807) is 14.1 Å². The Morgan fingerprint density at radius 3 is 1.64 bits per heavy atom. The van der Waals surface area contributed by atoms with Crippen molar-refractivity contribution < 1.29 is 40.8 Å². The van der Waals surface area contributed by atoms with Gasteiger partial charge in [-0.2, -0.15) is 38.7 Å². The molecule has 2 heteroatoms. The molecule has 0 aromatic heterocycles. The van der Waals surface area contributed by atoms with Gasteiger partial charge in [0.25, 0.3) is 0 Å². The maximum atomic E-state index is 3.72. The molecule has 1 nitrogen and oxygen atoms in total. The summed E-state index contributed by atoms with van der Waals surface area (Å²) in [6, 6.07) is 9.87. The molecule has 1 aromatic rings. The summed E-state index contributed by atoms with van der Waals surface area (Å²) in [5.41, 5.74) is 1.07. The van der Waals surface area contributed by atoms with Crippen LogP contribution in [0.5, 0.6) is 0 Å². The Balaban J connectivity index is 0. The van der Waals surface area contributed by atoms with Gasteiger partial charge in [-0.15, -0.1) is 12.1 Å². The molecule has 1 rings (SSSR count). The Morgan fingerprint density at radius 2 is 1.45 bits per heavy atom. The molecule has 0 radical (unpaired) electrons.